The number of aryl methyl sites for hydroxylation is 1. The van der Waals surface area contributed by atoms with Crippen LogP contribution in [-0.4, -0.2) is 24.3 Å². The summed E-state index contributed by atoms with van der Waals surface area (Å²) in [5, 5.41) is 12.3. The third-order valence-corrected chi connectivity index (χ3v) is 1.87. The first kappa shape index (κ1) is 10.0. The lowest BCUT2D eigenvalue weighted by molar-refractivity contribution is 0.196. The van der Waals surface area contributed by atoms with Gasteiger partial charge in [0.25, 0.3) is 0 Å². The lowest BCUT2D eigenvalue weighted by atomic mass is 10.2. The number of hydrogen-bond acceptors (Lipinski definition) is 3. The van der Waals surface area contributed by atoms with E-state index in [4.69, 9.17) is 5.73 Å². The van der Waals surface area contributed by atoms with Crippen molar-refractivity contribution in [2.75, 3.05) is 18.4 Å². The Kier molecular flexibility index (Phi) is 3.73. The fraction of sp³-hybridized carbons (Fsp3) is 0.400. The number of anilines is 1. The van der Waals surface area contributed by atoms with Crippen molar-refractivity contribution in [1.29, 1.82) is 0 Å². The third-order valence-electron chi connectivity index (χ3n) is 1.87. The summed E-state index contributed by atoms with van der Waals surface area (Å²) in [7, 11) is 0. The van der Waals surface area contributed by atoms with Gasteiger partial charge in [-0.15, -0.1) is 0 Å². The van der Waals surface area contributed by atoms with E-state index in [9.17, 15) is 5.11 Å². The normalized spacial score (nSPS) is 12.5. The zero-order valence-corrected chi connectivity index (χ0v) is 7.83. The molecule has 0 amide bonds. The van der Waals surface area contributed by atoms with Gasteiger partial charge in [0, 0.05) is 18.8 Å². The Morgan fingerprint density at radius 2 is 2.00 bits per heavy atom. The Morgan fingerprint density at radius 1 is 1.38 bits per heavy atom. The molecule has 1 unspecified atom stereocenters. The smallest absolute Gasteiger partial charge is 0.0834 e. The van der Waals surface area contributed by atoms with Crippen molar-refractivity contribution in [3.63, 3.8) is 0 Å². The molecule has 1 rings (SSSR count). The summed E-state index contributed by atoms with van der Waals surface area (Å²) in [6.07, 6.45) is -0.471. The Labute approximate surface area is 78.6 Å². The highest BCUT2D eigenvalue weighted by Crippen LogP contribution is 2.07. The van der Waals surface area contributed by atoms with Crippen molar-refractivity contribution < 1.29 is 5.11 Å². The van der Waals surface area contributed by atoms with Gasteiger partial charge >= 0.3 is 0 Å². The molecular weight excluding hydrogens is 164 g/mol. The Balaban J connectivity index is 2.41. The van der Waals surface area contributed by atoms with Gasteiger partial charge in [0.2, 0.25) is 0 Å². The Bertz CT molecular complexity index is 246. The van der Waals surface area contributed by atoms with Crippen molar-refractivity contribution in [3.8, 4) is 0 Å². The van der Waals surface area contributed by atoms with Gasteiger partial charge in [-0.05, 0) is 19.1 Å². The van der Waals surface area contributed by atoms with Gasteiger partial charge in [-0.25, -0.2) is 0 Å². The standard InChI is InChI=1S/C10H16N2O/c1-8-2-4-9(5-3-8)12-7-10(13)6-11/h2-5,10,12-13H,6-7,11H2,1H3. The maximum absolute atomic E-state index is 9.19. The molecule has 0 spiro atoms. The van der Waals surface area contributed by atoms with Crippen LogP contribution in [0, 0.1) is 6.92 Å². The van der Waals surface area contributed by atoms with E-state index in [1.807, 2.05) is 31.2 Å². The van der Waals surface area contributed by atoms with Crippen LogP contribution in [0.1, 0.15) is 5.56 Å². The third kappa shape index (κ3) is 3.44. The topological polar surface area (TPSA) is 58.3 Å². The van der Waals surface area contributed by atoms with E-state index in [1.165, 1.54) is 5.56 Å². The fourth-order valence-corrected chi connectivity index (χ4v) is 0.990. The Morgan fingerprint density at radius 3 is 2.54 bits per heavy atom. The number of hydrogen-bond donors (Lipinski definition) is 3. The molecule has 0 heterocycles. The van der Waals surface area contributed by atoms with Crippen LogP contribution in [0.25, 0.3) is 0 Å². The summed E-state index contributed by atoms with van der Waals surface area (Å²) in [6, 6.07) is 8.02. The van der Waals surface area contributed by atoms with Gasteiger partial charge in [0.1, 0.15) is 0 Å². The predicted octanol–water partition coefficient (Wildman–Crippen LogP) is 0.727. The molecule has 0 radical (unpaired) electrons. The van der Waals surface area contributed by atoms with E-state index in [2.05, 4.69) is 5.32 Å². The first-order chi connectivity index (χ1) is 6.22. The van der Waals surface area contributed by atoms with E-state index in [-0.39, 0.29) is 0 Å². The molecule has 1 aromatic carbocycles. The van der Waals surface area contributed by atoms with Gasteiger partial charge in [-0.2, -0.15) is 0 Å². The van der Waals surface area contributed by atoms with Crippen LogP contribution in [0.3, 0.4) is 0 Å². The van der Waals surface area contributed by atoms with Crippen LogP contribution in [0.5, 0.6) is 0 Å². The first-order valence-corrected chi connectivity index (χ1v) is 4.41. The summed E-state index contributed by atoms with van der Waals surface area (Å²) in [5.74, 6) is 0. The summed E-state index contributed by atoms with van der Waals surface area (Å²) in [5.41, 5.74) is 7.51. The van der Waals surface area contributed by atoms with E-state index >= 15 is 0 Å². The molecular formula is C10H16N2O. The van der Waals surface area contributed by atoms with E-state index in [0.29, 0.717) is 13.1 Å². The van der Waals surface area contributed by atoms with Gasteiger partial charge in [0.05, 0.1) is 6.10 Å². The van der Waals surface area contributed by atoms with Gasteiger partial charge in [-0.3, -0.25) is 0 Å². The summed E-state index contributed by atoms with van der Waals surface area (Å²) in [4.78, 5) is 0. The minimum absolute atomic E-state index is 0.291. The van der Waals surface area contributed by atoms with Gasteiger partial charge < -0.3 is 16.2 Å². The van der Waals surface area contributed by atoms with Gasteiger partial charge in [-0.1, -0.05) is 17.7 Å². The minimum atomic E-state index is -0.471. The van der Waals surface area contributed by atoms with E-state index < -0.39 is 6.10 Å². The fourth-order valence-electron chi connectivity index (χ4n) is 0.990. The molecule has 3 heteroatoms. The predicted molar refractivity (Wildman–Crippen MR) is 54.7 cm³/mol. The molecule has 0 saturated heterocycles. The molecule has 0 aliphatic rings. The number of benzene rings is 1. The lowest BCUT2D eigenvalue weighted by Crippen LogP contribution is -2.27. The number of nitrogens with one attached hydrogen (secondary N) is 1. The maximum Gasteiger partial charge on any atom is 0.0834 e. The molecule has 1 atom stereocenters. The largest absolute Gasteiger partial charge is 0.390 e. The maximum atomic E-state index is 9.19. The zero-order chi connectivity index (χ0) is 9.68. The molecule has 72 valence electrons. The molecule has 0 aromatic heterocycles. The van der Waals surface area contributed by atoms with Crippen LogP contribution < -0.4 is 11.1 Å². The molecule has 0 aliphatic carbocycles. The van der Waals surface area contributed by atoms with Crippen molar-refractivity contribution in [1.82, 2.24) is 0 Å². The van der Waals surface area contributed by atoms with Crippen LogP contribution in [0.4, 0.5) is 5.69 Å². The van der Waals surface area contributed by atoms with Crippen LogP contribution in [0.2, 0.25) is 0 Å². The van der Waals surface area contributed by atoms with Crippen molar-refractivity contribution in [2.45, 2.75) is 13.0 Å². The second-order valence-corrected chi connectivity index (χ2v) is 3.14. The average Bonchev–Trinajstić information content (AvgIpc) is 2.16. The molecule has 0 aliphatic heterocycles. The highest BCUT2D eigenvalue weighted by Gasteiger charge is 1.99. The highest BCUT2D eigenvalue weighted by atomic mass is 16.3. The molecule has 0 saturated carbocycles. The van der Waals surface area contributed by atoms with Gasteiger partial charge in [0.15, 0.2) is 0 Å². The first-order valence-electron chi connectivity index (χ1n) is 4.41. The van der Waals surface area contributed by atoms with Crippen molar-refractivity contribution in [2.24, 2.45) is 5.73 Å². The monoisotopic (exact) mass is 180 g/mol. The summed E-state index contributed by atoms with van der Waals surface area (Å²) >= 11 is 0. The number of rotatable bonds is 4. The van der Waals surface area contributed by atoms with Crippen LogP contribution >= 0.6 is 0 Å². The molecule has 0 fully saturated rings. The lowest BCUT2D eigenvalue weighted by Gasteiger charge is -2.10. The van der Waals surface area contributed by atoms with E-state index in [1.54, 1.807) is 0 Å². The number of aliphatic hydroxyl groups excluding tert-OH is 1. The SMILES string of the molecule is Cc1ccc(NCC(O)CN)cc1. The zero-order valence-electron chi connectivity index (χ0n) is 7.83. The highest BCUT2D eigenvalue weighted by molar-refractivity contribution is 5.44. The quantitative estimate of drug-likeness (QED) is 0.640. The Hall–Kier alpha value is -1.06. The van der Waals surface area contributed by atoms with E-state index in [0.717, 1.165) is 5.69 Å². The summed E-state index contributed by atoms with van der Waals surface area (Å²) < 4.78 is 0. The second-order valence-electron chi connectivity index (χ2n) is 3.14. The molecule has 4 N–H and O–H groups in total. The average molecular weight is 180 g/mol. The van der Waals surface area contributed by atoms with Crippen LogP contribution in [-0.2, 0) is 0 Å². The molecule has 0 bridgehead atoms. The number of nitrogens with two attached hydrogens (primary N) is 1. The molecule has 1 aromatic rings. The molecule has 3 nitrogen and oxygen atoms in total. The molecule has 13 heavy (non-hydrogen) atoms. The number of aliphatic hydroxyl groups is 1. The minimum Gasteiger partial charge on any atom is -0.390 e. The van der Waals surface area contributed by atoms with Crippen molar-refractivity contribution in [3.05, 3.63) is 29.8 Å². The van der Waals surface area contributed by atoms with Crippen molar-refractivity contribution >= 4 is 5.69 Å². The van der Waals surface area contributed by atoms with Crippen LogP contribution in [0.15, 0.2) is 24.3 Å². The second kappa shape index (κ2) is 4.84. The summed E-state index contributed by atoms with van der Waals surface area (Å²) in [6.45, 7) is 2.83.